The Morgan fingerprint density at radius 1 is 1.29 bits per heavy atom. The maximum absolute atomic E-state index is 12.6. The predicted octanol–water partition coefficient (Wildman–Crippen LogP) is 1.18. The van der Waals surface area contributed by atoms with Crippen LogP contribution < -0.4 is 4.74 Å². The number of carbonyl (C=O) groups is 2. The van der Waals surface area contributed by atoms with Gasteiger partial charge in [-0.3, -0.25) is 19.6 Å². The average molecular weight is 332 g/mol. The predicted molar refractivity (Wildman–Crippen MR) is 88.8 cm³/mol. The first-order valence-corrected chi connectivity index (χ1v) is 8.09. The van der Waals surface area contributed by atoms with E-state index in [1.54, 1.807) is 26.1 Å². The van der Waals surface area contributed by atoms with Crippen molar-refractivity contribution in [2.24, 2.45) is 0 Å². The third-order valence-electron chi connectivity index (χ3n) is 5.37. The number of pyridine rings is 1. The molecule has 24 heavy (non-hydrogen) atoms. The van der Waals surface area contributed by atoms with Crippen LogP contribution in [0.1, 0.15) is 23.2 Å². The highest BCUT2D eigenvalue weighted by Gasteiger charge is 2.57. The number of carbonyl (C=O) groups excluding carboxylic acids is 2. The Labute approximate surface area is 142 Å². The van der Waals surface area contributed by atoms with Gasteiger partial charge in [0.25, 0.3) is 5.91 Å². The Morgan fingerprint density at radius 3 is 2.58 bits per heavy atom. The van der Waals surface area contributed by atoms with Gasteiger partial charge < -0.3 is 9.64 Å². The van der Waals surface area contributed by atoms with Gasteiger partial charge in [-0.15, -0.1) is 0 Å². The molecule has 3 rings (SSSR count). The van der Waals surface area contributed by atoms with E-state index in [-0.39, 0.29) is 11.9 Å². The van der Waals surface area contributed by atoms with Gasteiger partial charge in [0.1, 0.15) is 11.3 Å². The molecule has 1 aromatic heterocycles. The molecular weight excluding hydrogens is 308 g/mol. The molecule has 0 aliphatic carbocycles. The second-order valence-corrected chi connectivity index (χ2v) is 6.74. The summed E-state index contributed by atoms with van der Waals surface area (Å²) in [5.41, 5.74) is 2.25. The van der Waals surface area contributed by atoms with Gasteiger partial charge in [-0.05, 0) is 20.3 Å². The summed E-state index contributed by atoms with van der Waals surface area (Å²) in [6, 6.07) is -0.229. The topological polar surface area (TPSA) is 66.0 Å². The maximum atomic E-state index is 12.6. The number of aromatic nitrogens is 1. The number of amides is 3. The summed E-state index contributed by atoms with van der Waals surface area (Å²) in [7, 11) is 4.93. The zero-order valence-corrected chi connectivity index (χ0v) is 14.9. The summed E-state index contributed by atoms with van der Waals surface area (Å²) >= 11 is 0. The van der Waals surface area contributed by atoms with Crippen LogP contribution in [-0.2, 0) is 11.3 Å². The molecular formula is C17H24N4O3. The minimum absolute atomic E-state index is 0.108. The van der Waals surface area contributed by atoms with Crippen LogP contribution >= 0.6 is 0 Å². The number of hydrogen-bond donors (Lipinski definition) is 0. The third kappa shape index (κ3) is 2.26. The van der Waals surface area contributed by atoms with Crippen LogP contribution in [-0.4, -0.2) is 71.5 Å². The number of nitrogens with zero attached hydrogens (tertiary/aromatic N) is 4. The molecule has 0 bridgehead atoms. The summed E-state index contributed by atoms with van der Waals surface area (Å²) in [5.74, 6) is 0.751. The van der Waals surface area contributed by atoms with Crippen LogP contribution in [0.5, 0.6) is 5.75 Å². The lowest BCUT2D eigenvalue weighted by Gasteiger charge is -2.28. The molecule has 1 spiro atoms. The van der Waals surface area contributed by atoms with Crippen molar-refractivity contribution < 1.29 is 14.3 Å². The minimum atomic E-state index is -0.728. The van der Waals surface area contributed by atoms with E-state index in [1.807, 2.05) is 20.0 Å². The zero-order valence-electron chi connectivity index (χ0n) is 14.9. The van der Waals surface area contributed by atoms with Crippen molar-refractivity contribution in [2.75, 3.05) is 34.3 Å². The van der Waals surface area contributed by atoms with Crippen molar-refractivity contribution in [3.05, 3.63) is 23.0 Å². The molecule has 1 atom stereocenters. The number of urea groups is 1. The number of methoxy groups -OCH3 is 1. The molecule has 0 saturated carbocycles. The summed E-state index contributed by atoms with van der Waals surface area (Å²) in [4.78, 5) is 34.2. The normalized spacial score (nSPS) is 24.5. The number of likely N-dealkylation sites (N-methyl/N-ethyl adjacent to an activating group) is 2. The van der Waals surface area contributed by atoms with Crippen LogP contribution in [0.2, 0.25) is 0 Å². The van der Waals surface area contributed by atoms with Crippen molar-refractivity contribution >= 4 is 11.9 Å². The number of hydrogen-bond acceptors (Lipinski definition) is 5. The molecule has 2 aliphatic rings. The molecule has 1 aromatic rings. The third-order valence-corrected chi connectivity index (χ3v) is 5.37. The first-order valence-electron chi connectivity index (χ1n) is 8.09. The van der Waals surface area contributed by atoms with Gasteiger partial charge in [-0.25, -0.2) is 4.79 Å². The van der Waals surface area contributed by atoms with E-state index in [2.05, 4.69) is 9.88 Å². The molecule has 3 heterocycles. The van der Waals surface area contributed by atoms with Gasteiger partial charge in [-0.1, -0.05) is 0 Å². The van der Waals surface area contributed by atoms with E-state index in [4.69, 9.17) is 4.74 Å². The van der Waals surface area contributed by atoms with Crippen LogP contribution in [0.3, 0.4) is 0 Å². The largest absolute Gasteiger partial charge is 0.496 e. The molecule has 0 radical (unpaired) electrons. The lowest BCUT2D eigenvalue weighted by Crippen LogP contribution is -2.49. The summed E-state index contributed by atoms with van der Waals surface area (Å²) in [6.45, 7) is 5.92. The molecule has 130 valence electrons. The highest BCUT2D eigenvalue weighted by molar-refractivity contribution is 6.07. The molecule has 7 heteroatoms. The van der Waals surface area contributed by atoms with Gasteiger partial charge in [0, 0.05) is 51.1 Å². The second kappa shape index (κ2) is 5.73. The maximum Gasteiger partial charge on any atom is 0.327 e. The van der Waals surface area contributed by atoms with Crippen LogP contribution in [0.4, 0.5) is 4.79 Å². The van der Waals surface area contributed by atoms with Crippen LogP contribution in [0.25, 0.3) is 0 Å². The van der Waals surface area contributed by atoms with Crippen molar-refractivity contribution in [2.45, 2.75) is 32.4 Å². The number of imide groups is 1. The van der Waals surface area contributed by atoms with Crippen LogP contribution in [0.15, 0.2) is 6.20 Å². The fourth-order valence-electron chi connectivity index (χ4n) is 3.85. The molecule has 0 N–H and O–H groups in total. The second-order valence-electron chi connectivity index (χ2n) is 6.74. The van der Waals surface area contributed by atoms with Gasteiger partial charge in [0.15, 0.2) is 0 Å². The Morgan fingerprint density at radius 2 is 2.00 bits per heavy atom. The average Bonchev–Trinajstić information content (AvgIpc) is 3.05. The minimum Gasteiger partial charge on any atom is -0.496 e. The molecule has 2 aliphatic heterocycles. The Hall–Kier alpha value is -2.15. The fraction of sp³-hybridized carbons (Fsp3) is 0.588. The lowest BCUT2D eigenvalue weighted by atomic mass is 9.97. The number of likely N-dealkylation sites (tertiary alicyclic amines) is 1. The summed E-state index contributed by atoms with van der Waals surface area (Å²) in [5, 5.41) is 0. The monoisotopic (exact) mass is 332 g/mol. The quantitative estimate of drug-likeness (QED) is 0.778. The Bertz CT molecular complexity index is 705. The zero-order chi connectivity index (χ0) is 17.6. The fourth-order valence-corrected chi connectivity index (χ4v) is 3.85. The Balaban J connectivity index is 1.81. The summed E-state index contributed by atoms with van der Waals surface area (Å²) in [6.07, 6.45) is 2.47. The lowest BCUT2D eigenvalue weighted by molar-refractivity contribution is -0.131. The van der Waals surface area contributed by atoms with E-state index >= 15 is 0 Å². The SMILES string of the molecule is COc1c(C)cnc(CN2CCC3(C2)C(=O)N(C)C(=O)N3C)c1C. The van der Waals surface area contributed by atoms with E-state index in [9.17, 15) is 9.59 Å². The number of rotatable bonds is 3. The Kier molecular flexibility index (Phi) is 3.99. The van der Waals surface area contributed by atoms with Gasteiger partial charge >= 0.3 is 6.03 Å². The highest BCUT2D eigenvalue weighted by Crippen LogP contribution is 2.35. The smallest absolute Gasteiger partial charge is 0.327 e. The molecule has 0 aromatic carbocycles. The summed E-state index contributed by atoms with van der Waals surface area (Å²) < 4.78 is 5.46. The van der Waals surface area contributed by atoms with Gasteiger partial charge in [0.05, 0.1) is 12.8 Å². The molecule has 7 nitrogen and oxygen atoms in total. The number of aryl methyl sites for hydroxylation is 1. The van der Waals surface area contributed by atoms with Crippen LogP contribution in [0, 0.1) is 13.8 Å². The van der Waals surface area contributed by atoms with Crippen molar-refractivity contribution in [3.63, 3.8) is 0 Å². The van der Waals surface area contributed by atoms with Crippen molar-refractivity contribution in [1.29, 1.82) is 0 Å². The van der Waals surface area contributed by atoms with Crippen molar-refractivity contribution in [1.82, 2.24) is 19.7 Å². The first-order chi connectivity index (χ1) is 11.3. The van der Waals surface area contributed by atoms with E-state index in [0.717, 1.165) is 29.1 Å². The first kappa shape index (κ1) is 16.7. The molecule has 1 unspecified atom stereocenters. The van der Waals surface area contributed by atoms with E-state index in [0.29, 0.717) is 19.5 Å². The van der Waals surface area contributed by atoms with Crippen molar-refractivity contribution in [3.8, 4) is 5.75 Å². The van der Waals surface area contributed by atoms with E-state index in [1.165, 1.54) is 4.90 Å². The van der Waals surface area contributed by atoms with Gasteiger partial charge in [0.2, 0.25) is 0 Å². The van der Waals surface area contributed by atoms with E-state index < -0.39 is 5.54 Å². The highest BCUT2D eigenvalue weighted by atomic mass is 16.5. The molecule has 2 fully saturated rings. The molecule has 3 amide bonds. The molecule has 2 saturated heterocycles. The number of ether oxygens (including phenoxy) is 1. The standard InChI is InChI=1S/C17H24N4O3/c1-11-8-18-13(12(2)14(11)24-5)9-21-7-6-17(10-21)15(22)19(3)16(23)20(17)4/h8H,6-7,9-10H2,1-5H3. The van der Waals surface area contributed by atoms with Gasteiger partial charge in [-0.2, -0.15) is 0 Å².